The van der Waals surface area contributed by atoms with Crippen LogP contribution in [-0.4, -0.2) is 30.9 Å². The smallest absolute Gasteiger partial charge is 0.282 e. The van der Waals surface area contributed by atoms with Crippen molar-refractivity contribution in [2.75, 3.05) is 18.4 Å². The Hall–Kier alpha value is -1.30. The van der Waals surface area contributed by atoms with Crippen LogP contribution in [0.5, 0.6) is 0 Å². The number of rotatable bonds is 4. The maximum atomic E-state index is 12.4. The highest BCUT2D eigenvalue weighted by Crippen LogP contribution is 2.29. The molecule has 2 amide bonds. The maximum absolute atomic E-state index is 12.4. The van der Waals surface area contributed by atoms with Gasteiger partial charge in [0.05, 0.1) is 28.8 Å². The van der Waals surface area contributed by atoms with Crippen molar-refractivity contribution in [2.45, 2.75) is 25.8 Å². The van der Waals surface area contributed by atoms with E-state index in [0.29, 0.717) is 15.7 Å². The zero-order chi connectivity index (χ0) is 16.3. The van der Waals surface area contributed by atoms with Gasteiger partial charge in [-0.1, -0.05) is 29.3 Å². The number of hydrogen-bond acceptors (Lipinski definition) is 2. The molecule has 1 aliphatic rings. The molecule has 0 bridgehead atoms. The number of nitrogens with one attached hydrogen (secondary N) is 2. The molecule has 1 atom stereocenters. The summed E-state index contributed by atoms with van der Waals surface area (Å²) in [5.41, 5.74) is 5.77. The van der Waals surface area contributed by atoms with Gasteiger partial charge in [0.1, 0.15) is 0 Å². The normalized spacial score (nSPS) is 22.9. The van der Waals surface area contributed by atoms with Crippen LogP contribution in [0.1, 0.15) is 19.8 Å². The highest BCUT2D eigenvalue weighted by atomic mass is 35.5. The lowest BCUT2D eigenvalue weighted by Gasteiger charge is -2.31. The second kappa shape index (κ2) is 7.31. The van der Waals surface area contributed by atoms with Gasteiger partial charge in [-0.2, -0.15) is 0 Å². The molecule has 1 heterocycles. The van der Waals surface area contributed by atoms with Crippen LogP contribution in [-0.2, 0) is 9.59 Å². The Morgan fingerprint density at radius 2 is 1.82 bits per heavy atom. The molecule has 0 saturated carbocycles. The van der Waals surface area contributed by atoms with E-state index in [2.05, 4.69) is 5.32 Å². The summed E-state index contributed by atoms with van der Waals surface area (Å²) < 4.78 is 0. The first kappa shape index (κ1) is 17.1. The summed E-state index contributed by atoms with van der Waals surface area (Å²) in [6.07, 6.45) is 1.43. The molecule has 2 rings (SSSR count). The molecule has 1 fully saturated rings. The summed E-state index contributed by atoms with van der Waals surface area (Å²) in [6.45, 7) is 3.36. The number of carbonyl (C=O) groups is 2. The number of primary amides is 1. The van der Waals surface area contributed by atoms with Crippen molar-refractivity contribution < 1.29 is 14.5 Å². The van der Waals surface area contributed by atoms with Gasteiger partial charge in [-0.3, -0.25) is 9.59 Å². The van der Waals surface area contributed by atoms with E-state index in [1.165, 1.54) is 0 Å². The summed E-state index contributed by atoms with van der Waals surface area (Å²) in [4.78, 5) is 24.7. The van der Waals surface area contributed by atoms with E-state index in [1.54, 1.807) is 18.2 Å². The number of carbonyl (C=O) groups excluding carboxylic acids is 2. The van der Waals surface area contributed by atoms with E-state index in [-0.39, 0.29) is 23.8 Å². The first-order chi connectivity index (χ1) is 10.4. The molecule has 22 heavy (non-hydrogen) atoms. The summed E-state index contributed by atoms with van der Waals surface area (Å²) in [5, 5.41) is 3.62. The SMILES string of the molecule is C[C@H](C(=O)Nc1c(Cl)cccc1Cl)[NH+]1CCC(C(N)=O)CC1. The van der Waals surface area contributed by atoms with E-state index in [9.17, 15) is 9.59 Å². The molecule has 1 saturated heterocycles. The molecule has 120 valence electrons. The molecule has 5 nitrogen and oxygen atoms in total. The van der Waals surface area contributed by atoms with E-state index >= 15 is 0 Å². The van der Waals surface area contributed by atoms with Gasteiger partial charge >= 0.3 is 0 Å². The van der Waals surface area contributed by atoms with Gasteiger partial charge in [-0.05, 0) is 19.1 Å². The Kier molecular flexibility index (Phi) is 5.67. The summed E-state index contributed by atoms with van der Waals surface area (Å²) in [5.74, 6) is -0.460. The minimum Gasteiger partial charge on any atom is -0.369 e. The fraction of sp³-hybridized carbons (Fsp3) is 0.467. The highest BCUT2D eigenvalue weighted by molar-refractivity contribution is 6.39. The Labute approximate surface area is 139 Å². The first-order valence-corrected chi connectivity index (χ1v) is 8.04. The molecule has 0 unspecified atom stereocenters. The summed E-state index contributed by atoms with van der Waals surface area (Å²) in [6, 6.07) is 4.84. The third kappa shape index (κ3) is 3.91. The van der Waals surface area contributed by atoms with Crippen molar-refractivity contribution in [1.29, 1.82) is 0 Å². The van der Waals surface area contributed by atoms with Crippen molar-refractivity contribution in [3.63, 3.8) is 0 Å². The topological polar surface area (TPSA) is 76.6 Å². The molecule has 7 heteroatoms. The average Bonchev–Trinajstić information content (AvgIpc) is 2.50. The van der Waals surface area contributed by atoms with E-state index in [0.717, 1.165) is 30.8 Å². The van der Waals surface area contributed by atoms with Crippen LogP contribution in [0.4, 0.5) is 5.69 Å². The average molecular weight is 345 g/mol. The molecule has 0 aliphatic carbocycles. The third-order valence-electron chi connectivity index (χ3n) is 4.25. The standard InChI is InChI=1S/C15H19Cl2N3O2/c1-9(20-7-5-10(6-8-20)14(18)21)15(22)19-13-11(16)3-2-4-12(13)17/h2-4,9-10H,5-8H2,1H3,(H2,18,21)(H,19,22)/p+1/t9-/m1/s1. The number of para-hydroxylation sites is 1. The second-order valence-corrected chi connectivity index (χ2v) is 6.46. The predicted molar refractivity (Wildman–Crippen MR) is 87.2 cm³/mol. The van der Waals surface area contributed by atoms with Crippen LogP contribution in [0.3, 0.4) is 0 Å². The molecule has 1 aliphatic heterocycles. The number of amides is 2. The number of likely N-dealkylation sites (tertiary alicyclic amines) is 1. The summed E-state index contributed by atoms with van der Waals surface area (Å²) in [7, 11) is 0. The van der Waals surface area contributed by atoms with Crippen LogP contribution >= 0.6 is 23.2 Å². The number of halogens is 2. The van der Waals surface area contributed by atoms with Gasteiger partial charge in [-0.15, -0.1) is 0 Å². The predicted octanol–water partition coefficient (Wildman–Crippen LogP) is 1.10. The largest absolute Gasteiger partial charge is 0.369 e. The highest BCUT2D eigenvalue weighted by Gasteiger charge is 2.32. The lowest BCUT2D eigenvalue weighted by Crippen LogP contribution is -3.17. The van der Waals surface area contributed by atoms with E-state index in [4.69, 9.17) is 28.9 Å². The number of hydrogen-bond donors (Lipinski definition) is 3. The quantitative estimate of drug-likeness (QED) is 0.764. The zero-order valence-corrected chi connectivity index (χ0v) is 13.9. The van der Waals surface area contributed by atoms with Gasteiger partial charge in [0, 0.05) is 18.8 Å². The number of piperidine rings is 1. The minimum atomic E-state index is -0.251. The fourth-order valence-electron chi connectivity index (χ4n) is 2.74. The van der Waals surface area contributed by atoms with Crippen LogP contribution in [0.2, 0.25) is 10.0 Å². The Balaban J connectivity index is 1.97. The van der Waals surface area contributed by atoms with Gasteiger partial charge in [0.25, 0.3) is 5.91 Å². The monoisotopic (exact) mass is 344 g/mol. The van der Waals surface area contributed by atoms with Crippen molar-refractivity contribution in [3.05, 3.63) is 28.2 Å². The number of nitrogens with two attached hydrogens (primary N) is 1. The second-order valence-electron chi connectivity index (χ2n) is 5.64. The van der Waals surface area contributed by atoms with Crippen molar-refractivity contribution in [2.24, 2.45) is 11.7 Å². The summed E-state index contributed by atoms with van der Waals surface area (Å²) >= 11 is 12.1. The third-order valence-corrected chi connectivity index (χ3v) is 4.88. The molecule has 4 N–H and O–H groups in total. The van der Waals surface area contributed by atoms with Gasteiger partial charge < -0.3 is 16.0 Å². The van der Waals surface area contributed by atoms with Crippen LogP contribution in [0.25, 0.3) is 0 Å². The van der Waals surface area contributed by atoms with Crippen molar-refractivity contribution >= 4 is 40.7 Å². The molecule has 0 aromatic heterocycles. The van der Waals surface area contributed by atoms with Crippen molar-refractivity contribution in [3.8, 4) is 0 Å². The van der Waals surface area contributed by atoms with Crippen molar-refractivity contribution in [1.82, 2.24) is 0 Å². The minimum absolute atomic E-state index is 0.0722. The fourth-order valence-corrected chi connectivity index (χ4v) is 3.23. The molecule has 0 radical (unpaired) electrons. The molecular formula is C15H20Cl2N3O2+. The van der Waals surface area contributed by atoms with E-state index in [1.807, 2.05) is 6.92 Å². The Morgan fingerprint density at radius 1 is 1.27 bits per heavy atom. The molecular weight excluding hydrogens is 325 g/mol. The molecule has 1 aromatic rings. The molecule has 0 spiro atoms. The van der Waals surface area contributed by atoms with Crippen LogP contribution in [0, 0.1) is 5.92 Å². The number of benzene rings is 1. The Morgan fingerprint density at radius 3 is 2.32 bits per heavy atom. The lowest BCUT2D eigenvalue weighted by molar-refractivity contribution is -0.919. The van der Waals surface area contributed by atoms with Gasteiger partial charge in [0.2, 0.25) is 5.91 Å². The molecule has 1 aromatic carbocycles. The lowest BCUT2D eigenvalue weighted by atomic mass is 9.95. The van der Waals surface area contributed by atoms with E-state index < -0.39 is 0 Å². The zero-order valence-electron chi connectivity index (χ0n) is 12.4. The first-order valence-electron chi connectivity index (χ1n) is 7.29. The van der Waals surface area contributed by atoms with Gasteiger partial charge in [-0.25, -0.2) is 0 Å². The van der Waals surface area contributed by atoms with Crippen LogP contribution < -0.4 is 16.0 Å². The Bertz CT molecular complexity index is 552. The number of quaternary nitrogens is 1. The number of anilines is 1. The van der Waals surface area contributed by atoms with Crippen LogP contribution in [0.15, 0.2) is 18.2 Å². The maximum Gasteiger partial charge on any atom is 0.282 e. The van der Waals surface area contributed by atoms with Gasteiger partial charge in [0.15, 0.2) is 6.04 Å².